The molecule has 3 aromatic heterocycles. The second kappa shape index (κ2) is 8.66. The van der Waals surface area contributed by atoms with Crippen LogP contribution in [0.25, 0.3) is 22.4 Å². The van der Waals surface area contributed by atoms with Crippen molar-refractivity contribution in [3.05, 3.63) is 72.1 Å². The summed E-state index contributed by atoms with van der Waals surface area (Å²) in [5.74, 6) is -0.898. The average molecular weight is 440 g/mol. The van der Waals surface area contributed by atoms with Crippen LogP contribution < -0.4 is 5.32 Å². The summed E-state index contributed by atoms with van der Waals surface area (Å²) in [6.45, 7) is 2.57. The Morgan fingerprint density at radius 2 is 1.84 bits per heavy atom. The van der Waals surface area contributed by atoms with Crippen LogP contribution in [0.15, 0.2) is 55.0 Å². The Labute approximate surface area is 181 Å². The lowest BCUT2D eigenvalue weighted by Crippen LogP contribution is -2.14. The summed E-state index contributed by atoms with van der Waals surface area (Å²) in [4.78, 5) is 16.7. The number of rotatable bonds is 6. The molecule has 0 aliphatic heterocycles. The Balaban J connectivity index is 1.68. The first kappa shape index (κ1) is 21.3. The van der Waals surface area contributed by atoms with Gasteiger partial charge in [0.05, 0.1) is 5.56 Å². The van der Waals surface area contributed by atoms with Gasteiger partial charge >= 0.3 is 0 Å². The molecule has 0 saturated carbocycles. The number of anilines is 1. The first-order valence-electron chi connectivity index (χ1n) is 9.78. The molecular weight excluding hydrogens is 421 g/mol. The van der Waals surface area contributed by atoms with Gasteiger partial charge < -0.3 is 5.32 Å². The van der Waals surface area contributed by atoms with Crippen molar-refractivity contribution >= 4 is 11.7 Å². The van der Waals surface area contributed by atoms with E-state index in [1.807, 2.05) is 13.1 Å². The van der Waals surface area contributed by atoms with Gasteiger partial charge in [-0.25, -0.2) is 18.2 Å². The predicted octanol–water partition coefficient (Wildman–Crippen LogP) is 4.69. The van der Waals surface area contributed by atoms with E-state index < -0.39 is 18.0 Å². The van der Waals surface area contributed by atoms with E-state index in [0.29, 0.717) is 17.8 Å². The normalized spacial score (nSPS) is 11.2. The van der Waals surface area contributed by atoms with E-state index in [9.17, 15) is 18.0 Å². The second-order valence-corrected chi connectivity index (χ2v) is 7.04. The maximum atomic E-state index is 13.4. The maximum absolute atomic E-state index is 13.4. The predicted molar refractivity (Wildman–Crippen MR) is 113 cm³/mol. The van der Waals surface area contributed by atoms with E-state index >= 15 is 0 Å². The highest BCUT2D eigenvalue weighted by Crippen LogP contribution is 2.32. The van der Waals surface area contributed by atoms with E-state index in [2.05, 4.69) is 20.5 Å². The Hall–Kier alpha value is -3.95. The van der Waals surface area contributed by atoms with Crippen molar-refractivity contribution in [2.45, 2.75) is 19.9 Å². The average Bonchev–Trinajstić information content (AvgIpc) is 3.38. The highest BCUT2D eigenvalue weighted by molar-refractivity contribution is 6.04. The summed E-state index contributed by atoms with van der Waals surface area (Å²) in [6.07, 6.45) is 1.70. The van der Waals surface area contributed by atoms with Gasteiger partial charge in [-0.2, -0.15) is 10.2 Å². The first-order chi connectivity index (χ1) is 15.4. The van der Waals surface area contributed by atoms with Crippen LogP contribution in [0.3, 0.4) is 0 Å². The second-order valence-electron chi connectivity index (χ2n) is 7.04. The molecule has 4 aromatic rings. The van der Waals surface area contributed by atoms with E-state index in [1.165, 1.54) is 31.6 Å². The van der Waals surface area contributed by atoms with Crippen molar-refractivity contribution in [1.82, 2.24) is 24.5 Å². The molecule has 0 bridgehead atoms. The topological polar surface area (TPSA) is 77.6 Å². The summed E-state index contributed by atoms with van der Waals surface area (Å²) >= 11 is 0. The molecule has 0 aliphatic rings. The van der Waals surface area contributed by atoms with Gasteiger partial charge in [0, 0.05) is 43.3 Å². The highest BCUT2D eigenvalue weighted by atomic mass is 19.3. The van der Waals surface area contributed by atoms with Gasteiger partial charge in [-0.05, 0) is 48.9 Å². The van der Waals surface area contributed by atoms with Gasteiger partial charge in [-0.3, -0.25) is 14.2 Å². The van der Waals surface area contributed by atoms with E-state index in [-0.39, 0.29) is 17.2 Å². The third kappa shape index (κ3) is 4.25. The molecule has 10 heteroatoms. The number of aromatic nitrogens is 5. The number of aryl methyl sites for hydroxylation is 2. The van der Waals surface area contributed by atoms with Crippen LogP contribution in [0.1, 0.15) is 29.4 Å². The molecule has 1 amide bonds. The molecule has 4 rings (SSSR count). The van der Waals surface area contributed by atoms with Crippen LogP contribution in [-0.2, 0) is 13.6 Å². The molecule has 32 heavy (non-hydrogen) atoms. The number of nitrogens with zero attached hydrogens (tertiary/aromatic N) is 5. The fraction of sp³-hybridized carbons (Fsp3) is 0.182. The van der Waals surface area contributed by atoms with Crippen LogP contribution in [-0.4, -0.2) is 30.5 Å². The van der Waals surface area contributed by atoms with Gasteiger partial charge in [0.15, 0.2) is 0 Å². The largest absolute Gasteiger partial charge is 0.306 e. The molecule has 3 heterocycles. The third-order valence-electron chi connectivity index (χ3n) is 4.82. The number of hydrogen-bond donors (Lipinski definition) is 1. The number of pyridine rings is 1. The van der Waals surface area contributed by atoms with Crippen molar-refractivity contribution < 1.29 is 18.0 Å². The number of hydrogen-bond acceptors (Lipinski definition) is 4. The maximum Gasteiger partial charge on any atom is 0.282 e. The van der Waals surface area contributed by atoms with E-state index in [0.717, 1.165) is 15.8 Å². The lowest BCUT2D eigenvalue weighted by molar-refractivity contribution is 0.101. The molecule has 0 radical (unpaired) electrons. The summed E-state index contributed by atoms with van der Waals surface area (Å²) < 4.78 is 42.6. The lowest BCUT2D eigenvalue weighted by atomic mass is 10.0. The van der Waals surface area contributed by atoms with Crippen molar-refractivity contribution in [3.8, 4) is 22.4 Å². The number of nitrogens with one attached hydrogen (secondary N) is 1. The van der Waals surface area contributed by atoms with Crippen LogP contribution >= 0.6 is 0 Å². The van der Waals surface area contributed by atoms with Crippen LogP contribution in [0.4, 0.5) is 19.0 Å². The van der Waals surface area contributed by atoms with Gasteiger partial charge in [0.1, 0.15) is 23.0 Å². The number of alkyl halides is 2. The Kier molecular flexibility index (Phi) is 5.76. The summed E-state index contributed by atoms with van der Waals surface area (Å²) in [7, 11) is 1.46. The zero-order valence-corrected chi connectivity index (χ0v) is 17.3. The molecular formula is C22H19F3N6O. The standard InChI is InChI=1S/C22H19F3N6O/c1-3-31-12-16(19(29-31)13-4-6-15(23)7-5-13)14-8-9-26-18(10-14)27-22(32)17-11-30(2)28-20(17)21(24)25/h4-12,21H,3H2,1-2H3,(H,26,27,32). The van der Waals surface area contributed by atoms with Gasteiger partial charge in [-0.1, -0.05) is 0 Å². The molecule has 0 unspecified atom stereocenters. The highest BCUT2D eigenvalue weighted by Gasteiger charge is 2.23. The van der Waals surface area contributed by atoms with Crippen molar-refractivity contribution in [2.24, 2.45) is 7.05 Å². The van der Waals surface area contributed by atoms with Crippen LogP contribution in [0.5, 0.6) is 0 Å². The molecule has 0 spiro atoms. The fourth-order valence-corrected chi connectivity index (χ4v) is 3.31. The summed E-state index contributed by atoms with van der Waals surface area (Å²) in [5, 5.41) is 10.8. The summed E-state index contributed by atoms with van der Waals surface area (Å²) in [6, 6.07) is 9.36. The summed E-state index contributed by atoms with van der Waals surface area (Å²) in [5.41, 5.74) is 2.01. The van der Waals surface area contributed by atoms with Crippen molar-refractivity contribution in [2.75, 3.05) is 5.32 Å². The van der Waals surface area contributed by atoms with Gasteiger partial charge in [0.25, 0.3) is 12.3 Å². The van der Waals surface area contributed by atoms with Gasteiger partial charge in [0.2, 0.25) is 0 Å². The molecule has 0 fully saturated rings. The minimum atomic E-state index is -2.88. The molecule has 1 aromatic carbocycles. The quantitative estimate of drug-likeness (QED) is 0.472. The van der Waals surface area contributed by atoms with E-state index in [4.69, 9.17) is 0 Å². The van der Waals surface area contributed by atoms with Crippen LogP contribution in [0, 0.1) is 5.82 Å². The Morgan fingerprint density at radius 1 is 1.09 bits per heavy atom. The number of carbonyl (C=O) groups is 1. The fourth-order valence-electron chi connectivity index (χ4n) is 3.31. The zero-order valence-electron chi connectivity index (χ0n) is 17.3. The molecule has 1 N–H and O–H groups in total. The SMILES string of the molecule is CCn1cc(-c2ccnc(NC(=O)c3cn(C)nc3C(F)F)c2)c(-c2ccc(F)cc2)n1. The number of halogens is 3. The Morgan fingerprint density at radius 3 is 2.53 bits per heavy atom. The van der Waals surface area contributed by atoms with Crippen molar-refractivity contribution in [3.63, 3.8) is 0 Å². The number of benzene rings is 1. The Bertz CT molecular complexity index is 1260. The number of carbonyl (C=O) groups excluding carboxylic acids is 1. The third-order valence-corrected chi connectivity index (χ3v) is 4.82. The van der Waals surface area contributed by atoms with E-state index in [1.54, 1.807) is 28.9 Å². The molecule has 0 aliphatic carbocycles. The molecule has 7 nitrogen and oxygen atoms in total. The van der Waals surface area contributed by atoms with Gasteiger partial charge in [-0.15, -0.1) is 0 Å². The zero-order chi connectivity index (χ0) is 22.8. The molecule has 0 saturated heterocycles. The minimum absolute atomic E-state index is 0.186. The van der Waals surface area contributed by atoms with Crippen molar-refractivity contribution in [1.29, 1.82) is 0 Å². The minimum Gasteiger partial charge on any atom is -0.306 e. The monoisotopic (exact) mass is 440 g/mol. The smallest absolute Gasteiger partial charge is 0.282 e. The number of amides is 1. The molecule has 164 valence electrons. The molecule has 0 atom stereocenters. The van der Waals surface area contributed by atoms with Crippen LogP contribution in [0.2, 0.25) is 0 Å². The first-order valence-corrected chi connectivity index (χ1v) is 9.78. The lowest BCUT2D eigenvalue weighted by Gasteiger charge is -2.07.